The Bertz CT molecular complexity index is 1090. The van der Waals surface area contributed by atoms with E-state index >= 15 is 0 Å². The summed E-state index contributed by atoms with van der Waals surface area (Å²) in [5, 5.41) is 7.53. The van der Waals surface area contributed by atoms with E-state index in [1.807, 2.05) is 36.4 Å². The molecule has 0 atom stereocenters. The smallest absolute Gasteiger partial charge is 0.313 e. The molecule has 1 N–H and O–H groups in total. The maximum atomic E-state index is 13.2. The van der Waals surface area contributed by atoms with Crippen molar-refractivity contribution in [3.63, 3.8) is 0 Å². The summed E-state index contributed by atoms with van der Waals surface area (Å²) in [5.74, 6) is 0. The van der Waals surface area contributed by atoms with Crippen LogP contribution in [0.1, 0.15) is 34.7 Å². The molecule has 3 aromatic carbocycles. The van der Waals surface area contributed by atoms with Crippen LogP contribution in [0.15, 0.2) is 88.3 Å². The largest absolute Gasteiger partial charge is 0.416 e. The molecule has 1 fully saturated rings. The third kappa shape index (κ3) is 5.42. The maximum absolute atomic E-state index is 13.2. The summed E-state index contributed by atoms with van der Waals surface area (Å²) in [6, 6.07) is 24.1. The Morgan fingerprint density at radius 2 is 1.58 bits per heavy atom. The Morgan fingerprint density at radius 1 is 1.00 bits per heavy atom. The molecule has 4 rings (SSSR count). The molecule has 0 bridgehead atoms. The lowest BCUT2D eigenvalue weighted by atomic mass is 9.93. The second-order valence-electron chi connectivity index (χ2n) is 8.01. The van der Waals surface area contributed by atoms with Gasteiger partial charge in [-0.1, -0.05) is 76.6 Å². The lowest BCUT2D eigenvalue weighted by molar-refractivity contribution is -0.137. The fourth-order valence-corrected chi connectivity index (χ4v) is 4.61. The monoisotopic (exact) mass is 513 g/mol. The normalized spacial score (nSPS) is 15.5. The maximum Gasteiger partial charge on any atom is 0.416 e. The molecule has 1 aliphatic rings. The van der Waals surface area contributed by atoms with E-state index in [1.54, 1.807) is 0 Å². The van der Waals surface area contributed by atoms with Gasteiger partial charge in [-0.15, -0.1) is 0 Å². The third-order valence-corrected chi connectivity index (χ3v) is 6.42. The Balaban J connectivity index is 1.59. The van der Waals surface area contributed by atoms with Crippen LogP contribution < -0.4 is 0 Å². The summed E-state index contributed by atoms with van der Waals surface area (Å²) >= 11 is 3.36. The highest BCUT2D eigenvalue weighted by atomic mass is 79.9. The molecular weight excluding hydrogens is 491 g/mol. The number of likely N-dealkylation sites (tertiary alicyclic amines) is 1. The zero-order valence-corrected chi connectivity index (χ0v) is 19.4. The Kier molecular flexibility index (Phi) is 7.10. The number of hydrogen-bond acceptors (Lipinski definition) is 3. The average Bonchev–Trinajstić information content (AvgIpc) is 2.78. The molecule has 0 amide bonds. The van der Waals surface area contributed by atoms with Crippen LogP contribution in [0.2, 0.25) is 0 Å². The van der Waals surface area contributed by atoms with Crippen LogP contribution in [-0.4, -0.2) is 36.0 Å². The minimum Gasteiger partial charge on any atom is -0.313 e. The van der Waals surface area contributed by atoms with Gasteiger partial charge in [-0.05, 0) is 29.3 Å². The highest BCUT2D eigenvalue weighted by molar-refractivity contribution is 9.10. The van der Waals surface area contributed by atoms with Gasteiger partial charge < -0.3 is 5.41 Å². The van der Waals surface area contributed by atoms with E-state index in [4.69, 9.17) is 10.4 Å². The van der Waals surface area contributed by atoms with Crippen molar-refractivity contribution in [1.29, 1.82) is 5.41 Å². The summed E-state index contributed by atoms with van der Waals surface area (Å²) < 4.78 is 40.3. The molecule has 1 heterocycles. The summed E-state index contributed by atoms with van der Waals surface area (Å²) in [7, 11) is 0. The predicted molar refractivity (Wildman–Crippen MR) is 129 cm³/mol. The molecular formula is C26H23BrF3N3. The summed E-state index contributed by atoms with van der Waals surface area (Å²) in [5.41, 5.74) is 2.53. The van der Waals surface area contributed by atoms with Crippen LogP contribution in [0.25, 0.3) is 0 Å². The Morgan fingerprint density at radius 3 is 2.09 bits per heavy atom. The first-order valence-electron chi connectivity index (χ1n) is 10.6. The fourth-order valence-electron chi connectivity index (χ4n) is 4.14. The van der Waals surface area contributed by atoms with E-state index < -0.39 is 11.7 Å². The van der Waals surface area contributed by atoms with Crippen LogP contribution in [0.3, 0.4) is 0 Å². The summed E-state index contributed by atoms with van der Waals surface area (Å²) in [6.07, 6.45) is -3.08. The molecule has 0 unspecified atom stereocenters. The minimum absolute atomic E-state index is 0.0451. The van der Waals surface area contributed by atoms with Gasteiger partial charge in [0.25, 0.3) is 0 Å². The van der Waals surface area contributed by atoms with E-state index in [9.17, 15) is 13.2 Å². The van der Waals surface area contributed by atoms with Crippen molar-refractivity contribution >= 4 is 27.9 Å². The van der Waals surface area contributed by atoms with Crippen molar-refractivity contribution in [2.75, 3.05) is 13.1 Å². The van der Waals surface area contributed by atoms with Gasteiger partial charge in [0, 0.05) is 41.5 Å². The standard InChI is InChI=1S/C26H23BrF3N3/c27-23-12-11-20(26(28,29)30)15-22(23)24(13-14-31)32-21-16-33(17-21)25(18-7-3-1-4-8-18)19-9-5-2-6-10-19/h1-12,14-15,21,25,31H,13,16-17H2. The molecule has 1 aliphatic heterocycles. The number of hydrogen-bond donors (Lipinski definition) is 1. The van der Waals surface area contributed by atoms with E-state index in [1.165, 1.54) is 23.4 Å². The Labute approximate surface area is 199 Å². The topological polar surface area (TPSA) is 39.5 Å². The molecule has 33 heavy (non-hydrogen) atoms. The number of benzene rings is 3. The number of nitrogens with one attached hydrogen (secondary N) is 1. The summed E-state index contributed by atoms with van der Waals surface area (Å²) in [4.78, 5) is 7.09. The molecule has 0 aromatic heterocycles. The molecule has 7 heteroatoms. The second-order valence-corrected chi connectivity index (χ2v) is 8.86. The van der Waals surface area contributed by atoms with Crippen molar-refractivity contribution in [3.8, 4) is 0 Å². The van der Waals surface area contributed by atoms with Gasteiger partial charge in [0.1, 0.15) is 0 Å². The molecule has 170 valence electrons. The molecule has 1 saturated heterocycles. The molecule has 0 saturated carbocycles. The lowest BCUT2D eigenvalue weighted by Gasteiger charge is -2.43. The van der Waals surface area contributed by atoms with Gasteiger partial charge in [0.2, 0.25) is 0 Å². The van der Waals surface area contributed by atoms with Crippen molar-refractivity contribution in [3.05, 3.63) is 106 Å². The van der Waals surface area contributed by atoms with Crippen LogP contribution in [0.5, 0.6) is 0 Å². The molecule has 3 nitrogen and oxygen atoms in total. The molecule has 0 radical (unpaired) electrons. The van der Waals surface area contributed by atoms with Crippen LogP contribution >= 0.6 is 15.9 Å². The van der Waals surface area contributed by atoms with Crippen molar-refractivity contribution in [2.45, 2.75) is 24.7 Å². The van der Waals surface area contributed by atoms with E-state index in [0.717, 1.165) is 12.1 Å². The highest BCUT2D eigenvalue weighted by Crippen LogP contribution is 2.35. The first-order chi connectivity index (χ1) is 15.9. The van der Waals surface area contributed by atoms with Crippen LogP contribution in [0.4, 0.5) is 13.2 Å². The van der Waals surface area contributed by atoms with Gasteiger partial charge >= 0.3 is 6.18 Å². The minimum atomic E-state index is -4.43. The number of alkyl halides is 3. The van der Waals surface area contributed by atoms with E-state index in [0.29, 0.717) is 28.8 Å². The predicted octanol–water partition coefficient (Wildman–Crippen LogP) is 6.77. The number of halogens is 4. The van der Waals surface area contributed by atoms with E-state index in [-0.39, 0.29) is 18.5 Å². The first-order valence-corrected chi connectivity index (χ1v) is 11.4. The van der Waals surface area contributed by atoms with Gasteiger partial charge in [-0.25, -0.2) is 0 Å². The first kappa shape index (κ1) is 23.4. The van der Waals surface area contributed by atoms with Crippen LogP contribution in [0, 0.1) is 5.41 Å². The SMILES string of the molecule is N=CCC(=NC1CN(C(c2ccccc2)c2ccccc2)C1)c1cc(C(F)(F)F)ccc1Br. The van der Waals surface area contributed by atoms with Crippen molar-refractivity contribution < 1.29 is 13.2 Å². The molecule has 0 spiro atoms. The van der Waals surface area contributed by atoms with Gasteiger partial charge in [-0.2, -0.15) is 13.2 Å². The molecule has 3 aromatic rings. The van der Waals surface area contributed by atoms with E-state index in [2.05, 4.69) is 45.1 Å². The zero-order chi connectivity index (χ0) is 23.4. The second kappa shape index (κ2) is 10.0. The van der Waals surface area contributed by atoms with Gasteiger partial charge in [-0.3, -0.25) is 9.89 Å². The van der Waals surface area contributed by atoms with Crippen LogP contribution in [-0.2, 0) is 6.18 Å². The molecule has 0 aliphatic carbocycles. The number of nitrogens with zero attached hydrogens (tertiary/aromatic N) is 2. The number of aliphatic imine (C=N–C) groups is 1. The number of rotatable bonds is 7. The quantitative estimate of drug-likeness (QED) is 0.348. The van der Waals surface area contributed by atoms with Crippen molar-refractivity contribution in [2.24, 2.45) is 4.99 Å². The highest BCUT2D eigenvalue weighted by Gasteiger charge is 2.35. The summed E-state index contributed by atoms with van der Waals surface area (Å²) in [6.45, 7) is 1.37. The Hall–Kier alpha value is -2.77. The van der Waals surface area contributed by atoms with Crippen molar-refractivity contribution in [1.82, 2.24) is 4.90 Å². The van der Waals surface area contributed by atoms with Gasteiger partial charge in [0.05, 0.1) is 17.6 Å². The third-order valence-electron chi connectivity index (χ3n) is 5.72. The van der Waals surface area contributed by atoms with Gasteiger partial charge in [0.15, 0.2) is 0 Å². The zero-order valence-electron chi connectivity index (χ0n) is 17.8. The lowest BCUT2D eigenvalue weighted by Crippen LogP contribution is -2.52. The fraction of sp³-hybridized carbons (Fsp3) is 0.231. The average molecular weight is 514 g/mol.